The number of amides is 1. The molecule has 4 rings (SSSR count). The lowest BCUT2D eigenvalue weighted by atomic mass is 9.88. The highest BCUT2D eigenvalue weighted by molar-refractivity contribution is 6.10. The van der Waals surface area contributed by atoms with Gasteiger partial charge in [0.05, 0.1) is 40.0 Å². The molecule has 7 nitrogen and oxygen atoms in total. The fraction of sp³-hybridized carbons (Fsp3) is 0.231. The van der Waals surface area contributed by atoms with Gasteiger partial charge in [0.15, 0.2) is 22.9 Å². The lowest BCUT2D eigenvalue weighted by Gasteiger charge is -2.23. The number of anilines is 1. The number of aliphatic hydroxyl groups is 1. The Labute approximate surface area is 192 Å². The number of fused-ring (bicyclic) bond motifs is 1. The molecule has 0 aliphatic carbocycles. The first-order valence-corrected chi connectivity index (χ1v) is 10.4. The number of rotatable bonds is 8. The van der Waals surface area contributed by atoms with Crippen LogP contribution < -0.4 is 19.1 Å². The van der Waals surface area contributed by atoms with Gasteiger partial charge in [0, 0.05) is 11.1 Å². The third kappa shape index (κ3) is 4.03. The summed E-state index contributed by atoms with van der Waals surface area (Å²) in [5.74, 6) is 0.862. The van der Waals surface area contributed by atoms with E-state index in [4.69, 9.17) is 14.2 Å². The summed E-state index contributed by atoms with van der Waals surface area (Å²) in [6.45, 7) is 0.204. The van der Waals surface area contributed by atoms with Crippen molar-refractivity contribution in [2.24, 2.45) is 0 Å². The van der Waals surface area contributed by atoms with E-state index in [9.17, 15) is 14.7 Å². The topological polar surface area (TPSA) is 85.3 Å². The molecule has 0 bridgehead atoms. The molecule has 1 aliphatic heterocycles. The highest BCUT2D eigenvalue weighted by Crippen LogP contribution is 2.44. The first-order valence-electron chi connectivity index (χ1n) is 10.4. The van der Waals surface area contributed by atoms with Gasteiger partial charge in [0.2, 0.25) is 0 Å². The minimum atomic E-state index is -1.95. The number of ether oxygens (including phenoxy) is 3. The predicted octanol–water partition coefficient (Wildman–Crippen LogP) is 3.72. The fourth-order valence-electron chi connectivity index (χ4n) is 4.11. The van der Waals surface area contributed by atoms with Crippen molar-refractivity contribution in [3.05, 3.63) is 83.4 Å². The third-order valence-electron chi connectivity index (χ3n) is 5.86. The maximum absolute atomic E-state index is 13.5. The van der Waals surface area contributed by atoms with Gasteiger partial charge < -0.3 is 24.2 Å². The summed E-state index contributed by atoms with van der Waals surface area (Å²) in [6.07, 6.45) is -0.363. The van der Waals surface area contributed by atoms with E-state index < -0.39 is 11.5 Å². The number of carbonyl (C=O) groups excluding carboxylic acids is 2. The van der Waals surface area contributed by atoms with E-state index in [1.54, 1.807) is 82.0 Å². The van der Waals surface area contributed by atoms with Crippen molar-refractivity contribution in [3.63, 3.8) is 0 Å². The third-order valence-corrected chi connectivity index (χ3v) is 5.86. The van der Waals surface area contributed by atoms with Gasteiger partial charge in [-0.1, -0.05) is 24.3 Å². The SMILES string of the molecule is COc1ccc(C(=O)CC2(O)C(=O)N(Cc3ccc(OC)c(OC)c3)c3ccccc32)cc1. The molecule has 170 valence electrons. The molecule has 0 saturated heterocycles. The van der Waals surface area contributed by atoms with Crippen molar-refractivity contribution in [2.75, 3.05) is 26.2 Å². The van der Waals surface area contributed by atoms with Crippen LogP contribution in [-0.4, -0.2) is 38.1 Å². The molecular weight excluding hydrogens is 422 g/mol. The number of Topliss-reactive ketones (excluding diaryl/α,β-unsaturated/α-hetero) is 1. The highest BCUT2D eigenvalue weighted by atomic mass is 16.5. The number of hydrogen-bond acceptors (Lipinski definition) is 6. The number of nitrogens with zero attached hydrogens (tertiary/aromatic N) is 1. The Morgan fingerprint density at radius 1 is 0.909 bits per heavy atom. The van der Waals surface area contributed by atoms with Gasteiger partial charge in [-0.3, -0.25) is 9.59 Å². The minimum Gasteiger partial charge on any atom is -0.497 e. The van der Waals surface area contributed by atoms with Crippen LogP contribution in [0.4, 0.5) is 5.69 Å². The molecule has 1 heterocycles. The first kappa shape index (κ1) is 22.4. The molecule has 1 atom stereocenters. The number of para-hydroxylation sites is 1. The van der Waals surface area contributed by atoms with E-state index in [1.807, 2.05) is 6.07 Å². The highest BCUT2D eigenvalue weighted by Gasteiger charge is 2.50. The Morgan fingerprint density at radius 3 is 2.27 bits per heavy atom. The van der Waals surface area contributed by atoms with E-state index >= 15 is 0 Å². The molecule has 0 radical (unpaired) electrons. The van der Waals surface area contributed by atoms with Crippen molar-refractivity contribution < 1.29 is 28.9 Å². The quantitative estimate of drug-likeness (QED) is 0.530. The number of carbonyl (C=O) groups is 2. The molecular formula is C26H25NO6. The van der Waals surface area contributed by atoms with Crippen molar-refractivity contribution in [1.82, 2.24) is 0 Å². The summed E-state index contributed by atoms with van der Waals surface area (Å²) in [4.78, 5) is 28.0. The molecule has 3 aromatic rings. The van der Waals surface area contributed by atoms with Crippen LogP contribution in [0, 0.1) is 0 Å². The Hall–Kier alpha value is -3.84. The number of methoxy groups -OCH3 is 3. The van der Waals surface area contributed by atoms with Crippen LogP contribution in [-0.2, 0) is 16.9 Å². The average Bonchev–Trinajstić information content (AvgIpc) is 3.05. The largest absolute Gasteiger partial charge is 0.497 e. The van der Waals surface area contributed by atoms with Gasteiger partial charge in [-0.05, 0) is 48.0 Å². The summed E-state index contributed by atoms with van der Waals surface area (Å²) >= 11 is 0. The Morgan fingerprint density at radius 2 is 1.61 bits per heavy atom. The monoisotopic (exact) mass is 447 g/mol. The van der Waals surface area contributed by atoms with E-state index in [0.29, 0.717) is 34.1 Å². The van der Waals surface area contributed by atoms with E-state index in [1.165, 1.54) is 4.90 Å². The Kier molecular flexibility index (Phi) is 6.07. The molecule has 1 aliphatic rings. The molecule has 1 amide bonds. The van der Waals surface area contributed by atoms with Crippen LogP contribution in [0.5, 0.6) is 17.2 Å². The number of hydrogen-bond donors (Lipinski definition) is 1. The Balaban J connectivity index is 1.64. The zero-order chi connectivity index (χ0) is 23.6. The predicted molar refractivity (Wildman–Crippen MR) is 123 cm³/mol. The molecule has 1 N–H and O–H groups in total. The molecule has 1 unspecified atom stereocenters. The van der Waals surface area contributed by atoms with E-state index in [0.717, 1.165) is 5.56 Å². The van der Waals surface area contributed by atoms with Gasteiger partial charge in [-0.25, -0.2) is 0 Å². The minimum absolute atomic E-state index is 0.204. The van der Waals surface area contributed by atoms with Crippen molar-refractivity contribution in [3.8, 4) is 17.2 Å². The van der Waals surface area contributed by atoms with Crippen LogP contribution in [0.15, 0.2) is 66.7 Å². The van der Waals surface area contributed by atoms with Gasteiger partial charge in [-0.2, -0.15) is 0 Å². The molecule has 3 aromatic carbocycles. The van der Waals surface area contributed by atoms with E-state index in [-0.39, 0.29) is 18.7 Å². The maximum atomic E-state index is 13.5. The smallest absolute Gasteiger partial charge is 0.264 e. The molecule has 0 fully saturated rings. The van der Waals surface area contributed by atoms with Crippen LogP contribution in [0.25, 0.3) is 0 Å². The second-order valence-corrected chi connectivity index (χ2v) is 7.79. The van der Waals surface area contributed by atoms with Crippen LogP contribution >= 0.6 is 0 Å². The van der Waals surface area contributed by atoms with Crippen LogP contribution in [0.3, 0.4) is 0 Å². The van der Waals surface area contributed by atoms with Crippen LogP contribution in [0.1, 0.15) is 27.9 Å². The second-order valence-electron chi connectivity index (χ2n) is 7.79. The molecule has 7 heteroatoms. The van der Waals surface area contributed by atoms with Crippen molar-refractivity contribution >= 4 is 17.4 Å². The lowest BCUT2D eigenvalue weighted by molar-refractivity contribution is -0.136. The second kappa shape index (κ2) is 8.96. The average molecular weight is 447 g/mol. The van der Waals surface area contributed by atoms with Crippen molar-refractivity contribution in [2.45, 2.75) is 18.6 Å². The first-order chi connectivity index (χ1) is 15.9. The summed E-state index contributed by atoms with van der Waals surface area (Å²) in [5.41, 5.74) is 0.221. The lowest BCUT2D eigenvalue weighted by Crippen LogP contribution is -2.41. The maximum Gasteiger partial charge on any atom is 0.264 e. The van der Waals surface area contributed by atoms with Gasteiger partial charge >= 0.3 is 0 Å². The zero-order valence-electron chi connectivity index (χ0n) is 18.7. The summed E-state index contributed by atoms with van der Waals surface area (Å²) in [5, 5.41) is 11.5. The van der Waals surface area contributed by atoms with Gasteiger partial charge in [0.25, 0.3) is 5.91 Å². The molecule has 0 spiro atoms. The van der Waals surface area contributed by atoms with Gasteiger partial charge in [-0.15, -0.1) is 0 Å². The fourth-order valence-corrected chi connectivity index (χ4v) is 4.11. The molecule has 33 heavy (non-hydrogen) atoms. The van der Waals surface area contributed by atoms with Crippen molar-refractivity contribution in [1.29, 1.82) is 0 Å². The molecule has 0 saturated carbocycles. The number of benzene rings is 3. The van der Waals surface area contributed by atoms with E-state index in [2.05, 4.69) is 0 Å². The summed E-state index contributed by atoms with van der Waals surface area (Å²) in [7, 11) is 4.64. The normalized spacial score (nSPS) is 17.0. The summed E-state index contributed by atoms with van der Waals surface area (Å²) in [6, 6.07) is 19.0. The standard InChI is InChI=1S/C26H25NO6/c1-31-19-11-9-18(10-12-19)22(28)15-26(30)20-6-4-5-7-21(20)27(25(26)29)16-17-8-13-23(32-2)24(14-17)33-3/h4-14,30H,15-16H2,1-3H3. The van der Waals surface area contributed by atoms with Crippen LogP contribution in [0.2, 0.25) is 0 Å². The summed E-state index contributed by atoms with van der Waals surface area (Å²) < 4.78 is 15.8. The number of ketones is 1. The van der Waals surface area contributed by atoms with Gasteiger partial charge in [0.1, 0.15) is 5.75 Å². The Bertz CT molecular complexity index is 1190. The molecule has 0 aromatic heterocycles. The zero-order valence-corrected chi connectivity index (χ0v) is 18.7.